The first-order valence-corrected chi connectivity index (χ1v) is 7.62. The summed E-state index contributed by atoms with van der Waals surface area (Å²) >= 11 is 0. The Kier molecular flexibility index (Phi) is 3.74. The molecule has 3 rings (SSSR count). The number of hydrogen-bond donors (Lipinski definition) is 1. The first kappa shape index (κ1) is 13.5. The van der Waals surface area contributed by atoms with E-state index in [0.717, 1.165) is 25.9 Å². The van der Waals surface area contributed by atoms with Gasteiger partial charge in [-0.1, -0.05) is 18.1 Å². The fourth-order valence-corrected chi connectivity index (χ4v) is 3.61. The maximum Gasteiger partial charge on any atom is 0.276 e. The number of hydrogen-bond acceptors (Lipinski definition) is 4. The van der Waals surface area contributed by atoms with E-state index in [4.69, 9.17) is 5.73 Å². The molecule has 0 atom stereocenters. The largest absolute Gasteiger partial charge is 0.337 e. The number of nitrogens with zero attached hydrogens (tertiary/aromatic N) is 4. The molecule has 0 bridgehead atoms. The minimum Gasteiger partial charge on any atom is -0.337 e. The molecule has 20 heavy (non-hydrogen) atoms. The monoisotopic (exact) mass is 277 g/mol. The van der Waals surface area contributed by atoms with Crippen LogP contribution in [0.5, 0.6) is 0 Å². The standard InChI is InChI=1S/C14H23N5O/c15-7-10-19-11-12(16-17-19)13(20)18-8-5-14(6-9-18)3-1-2-4-14/h11H,1-10,15H2. The molecule has 0 unspecified atom stereocenters. The SMILES string of the molecule is NCCn1cc(C(=O)N2CCC3(CCCC3)CC2)nn1. The molecular formula is C14H23N5O. The van der Waals surface area contributed by atoms with E-state index in [1.807, 2.05) is 4.90 Å². The fourth-order valence-electron chi connectivity index (χ4n) is 3.61. The summed E-state index contributed by atoms with van der Waals surface area (Å²) in [5.41, 5.74) is 6.45. The van der Waals surface area contributed by atoms with Crippen molar-refractivity contribution in [3.05, 3.63) is 11.9 Å². The zero-order valence-electron chi connectivity index (χ0n) is 11.9. The second-order valence-electron chi connectivity index (χ2n) is 6.15. The summed E-state index contributed by atoms with van der Waals surface area (Å²) in [6.07, 6.45) is 9.42. The maximum atomic E-state index is 12.4. The summed E-state index contributed by atoms with van der Waals surface area (Å²) < 4.78 is 1.63. The van der Waals surface area contributed by atoms with Gasteiger partial charge in [0, 0.05) is 19.6 Å². The molecule has 1 aromatic heterocycles. The van der Waals surface area contributed by atoms with Gasteiger partial charge in [-0.2, -0.15) is 0 Å². The molecule has 1 aliphatic heterocycles. The molecule has 0 aromatic carbocycles. The molecule has 6 nitrogen and oxygen atoms in total. The van der Waals surface area contributed by atoms with Crippen LogP contribution in [0.2, 0.25) is 0 Å². The normalized spacial score (nSPS) is 21.6. The predicted octanol–water partition coefficient (Wildman–Crippen LogP) is 1.03. The van der Waals surface area contributed by atoms with Gasteiger partial charge in [0.25, 0.3) is 5.91 Å². The van der Waals surface area contributed by atoms with Crippen LogP contribution >= 0.6 is 0 Å². The van der Waals surface area contributed by atoms with E-state index in [0.29, 0.717) is 24.2 Å². The smallest absolute Gasteiger partial charge is 0.276 e. The zero-order chi connectivity index (χ0) is 14.0. The summed E-state index contributed by atoms with van der Waals surface area (Å²) in [6.45, 7) is 2.83. The minimum absolute atomic E-state index is 0.0149. The topological polar surface area (TPSA) is 77.0 Å². The van der Waals surface area contributed by atoms with Crippen molar-refractivity contribution in [1.82, 2.24) is 19.9 Å². The van der Waals surface area contributed by atoms with E-state index in [9.17, 15) is 4.79 Å². The molecule has 1 aromatic rings. The first-order valence-electron chi connectivity index (χ1n) is 7.62. The van der Waals surface area contributed by atoms with Gasteiger partial charge in [0.15, 0.2) is 5.69 Å². The highest BCUT2D eigenvalue weighted by Crippen LogP contribution is 2.46. The van der Waals surface area contributed by atoms with Crippen molar-refractivity contribution in [2.24, 2.45) is 11.1 Å². The molecule has 2 fully saturated rings. The van der Waals surface area contributed by atoms with Crippen LogP contribution in [0.3, 0.4) is 0 Å². The number of aromatic nitrogens is 3. The molecule has 2 aliphatic rings. The Bertz CT molecular complexity index is 468. The summed E-state index contributed by atoms with van der Waals surface area (Å²) in [5, 5.41) is 7.90. The molecule has 0 radical (unpaired) electrons. The molecular weight excluding hydrogens is 254 g/mol. The van der Waals surface area contributed by atoms with Crippen molar-refractivity contribution >= 4 is 5.91 Å². The van der Waals surface area contributed by atoms with Crippen LogP contribution < -0.4 is 5.73 Å². The second-order valence-corrected chi connectivity index (χ2v) is 6.15. The molecule has 1 aliphatic carbocycles. The average Bonchev–Trinajstić information content (AvgIpc) is 3.10. The van der Waals surface area contributed by atoms with E-state index in [-0.39, 0.29) is 5.91 Å². The molecule has 1 saturated carbocycles. The first-order chi connectivity index (χ1) is 9.72. The summed E-state index contributed by atoms with van der Waals surface area (Å²) in [7, 11) is 0. The molecule has 1 saturated heterocycles. The van der Waals surface area contributed by atoms with Crippen molar-refractivity contribution < 1.29 is 4.79 Å². The van der Waals surface area contributed by atoms with Gasteiger partial charge in [0.05, 0.1) is 12.7 Å². The Balaban J connectivity index is 1.60. The van der Waals surface area contributed by atoms with Crippen LogP contribution in [-0.2, 0) is 6.54 Å². The highest BCUT2D eigenvalue weighted by molar-refractivity contribution is 5.92. The second kappa shape index (κ2) is 5.52. The fraction of sp³-hybridized carbons (Fsp3) is 0.786. The van der Waals surface area contributed by atoms with Gasteiger partial charge in [0.1, 0.15) is 0 Å². The minimum atomic E-state index is 0.0149. The van der Waals surface area contributed by atoms with Crippen LogP contribution in [0.15, 0.2) is 6.20 Å². The highest BCUT2D eigenvalue weighted by Gasteiger charge is 2.38. The van der Waals surface area contributed by atoms with E-state index in [2.05, 4.69) is 10.3 Å². The quantitative estimate of drug-likeness (QED) is 0.895. The number of rotatable bonds is 3. The summed E-state index contributed by atoms with van der Waals surface area (Å²) in [5.74, 6) is 0.0149. The van der Waals surface area contributed by atoms with Crippen molar-refractivity contribution in [2.75, 3.05) is 19.6 Å². The van der Waals surface area contributed by atoms with E-state index >= 15 is 0 Å². The van der Waals surface area contributed by atoms with Crippen LogP contribution in [0.25, 0.3) is 0 Å². The summed E-state index contributed by atoms with van der Waals surface area (Å²) in [6, 6.07) is 0. The Hall–Kier alpha value is -1.43. The summed E-state index contributed by atoms with van der Waals surface area (Å²) in [4.78, 5) is 14.3. The van der Waals surface area contributed by atoms with Gasteiger partial charge in [-0.15, -0.1) is 5.10 Å². The molecule has 2 heterocycles. The van der Waals surface area contributed by atoms with Gasteiger partial charge in [-0.3, -0.25) is 9.48 Å². The zero-order valence-corrected chi connectivity index (χ0v) is 11.9. The number of nitrogens with two attached hydrogens (primary N) is 1. The third kappa shape index (κ3) is 2.57. The number of amides is 1. The third-order valence-electron chi connectivity index (χ3n) is 4.89. The van der Waals surface area contributed by atoms with Crippen LogP contribution in [0, 0.1) is 5.41 Å². The highest BCUT2D eigenvalue weighted by atomic mass is 16.2. The van der Waals surface area contributed by atoms with Gasteiger partial charge in [0.2, 0.25) is 0 Å². The van der Waals surface area contributed by atoms with Crippen molar-refractivity contribution in [3.8, 4) is 0 Å². The van der Waals surface area contributed by atoms with Gasteiger partial charge in [-0.05, 0) is 31.1 Å². The predicted molar refractivity (Wildman–Crippen MR) is 75.1 cm³/mol. The number of carbonyl (C=O) groups excluding carboxylic acids is 1. The molecule has 1 amide bonds. The van der Waals surface area contributed by atoms with Crippen molar-refractivity contribution in [1.29, 1.82) is 0 Å². The Morgan fingerprint density at radius 1 is 1.25 bits per heavy atom. The van der Waals surface area contributed by atoms with E-state index in [1.54, 1.807) is 10.9 Å². The Morgan fingerprint density at radius 3 is 2.60 bits per heavy atom. The van der Waals surface area contributed by atoms with Crippen LogP contribution in [0.1, 0.15) is 49.0 Å². The lowest BCUT2D eigenvalue weighted by Gasteiger charge is -2.39. The lowest BCUT2D eigenvalue weighted by Crippen LogP contribution is -2.42. The number of piperidine rings is 1. The van der Waals surface area contributed by atoms with E-state index < -0.39 is 0 Å². The maximum absolute atomic E-state index is 12.4. The number of likely N-dealkylation sites (tertiary alicyclic amines) is 1. The molecule has 110 valence electrons. The van der Waals surface area contributed by atoms with E-state index in [1.165, 1.54) is 25.7 Å². The average molecular weight is 277 g/mol. The van der Waals surface area contributed by atoms with Crippen molar-refractivity contribution in [3.63, 3.8) is 0 Å². The van der Waals surface area contributed by atoms with Crippen LogP contribution in [-0.4, -0.2) is 45.4 Å². The molecule has 1 spiro atoms. The Morgan fingerprint density at radius 2 is 1.95 bits per heavy atom. The van der Waals surface area contributed by atoms with Gasteiger partial charge >= 0.3 is 0 Å². The third-order valence-corrected chi connectivity index (χ3v) is 4.89. The Labute approximate surface area is 119 Å². The molecule has 6 heteroatoms. The number of carbonyl (C=O) groups is 1. The lowest BCUT2D eigenvalue weighted by molar-refractivity contribution is 0.0582. The van der Waals surface area contributed by atoms with Crippen LogP contribution in [0.4, 0.5) is 0 Å². The van der Waals surface area contributed by atoms with Gasteiger partial charge in [-0.25, -0.2) is 0 Å². The lowest BCUT2D eigenvalue weighted by atomic mass is 9.77. The molecule has 2 N–H and O–H groups in total. The van der Waals surface area contributed by atoms with Crippen molar-refractivity contribution in [2.45, 2.75) is 45.1 Å². The van der Waals surface area contributed by atoms with Gasteiger partial charge < -0.3 is 10.6 Å².